The summed E-state index contributed by atoms with van der Waals surface area (Å²) in [7, 11) is -4.03. The van der Waals surface area contributed by atoms with Crippen LogP contribution in [0.5, 0.6) is 0 Å². The molecule has 0 aromatic heterocycles. The molecule has 0 spiro atoms. The molecular weight excluding hydrogens is 547 g/mol. The molecule has 5 nitrogen and oxygen atoms in total. The molecule has 3 aromatic rings. The van der Waals surface area contributed by atoms with Crippen molar-refractivity contribution in [2.75, 3.05) is 11.9 Å². The van der Waals surface area contributed by atoms with E-state index in [0.29, 0.717) is 30.8 Å². The monoisotopic (exact) mass is 560 g/mol. The average molecular weight is 563 g/mol. The van der Waals surface area contributed by atoms with Crippen molar-refractivity contribution in [3.8, 4) is 0 Å². The molecular formula is C21H16BrCl3N2O3S. The van der Waals surface area contributed by atoms with Gasteiger partial charge in [0.1, 0.15) is 0 Å². The normalized spacial score (nSPS) is 11.5. The molecule has 0 saturated carbocycles. The first-order valence-corrected chi connectivity index (χ1v) is 12.3. The zero-order valence-electron chi connectivity index (χ0n) is 15.9. The summed E-state index contributed by atoms with van der Waals surface area (Å²) in [6, 6.07) is 17.5. The van der Waals surface area contributed by atoms with E-state index in [1.165, 1.54) is 30.3 Å². The minimum absolute atomic E-state index is 0.00989. The lowest BCUT2D eigenvalue weighted by molar-refractivity contribution is -0.116. The first-order valence-electron chi connectivity index (χ1n) is 8.91. The summed E-state index contributed by atoms with van der Waals surface area (Å²) in [5, 5.41) is 3.84. The highest BCUT2D eigenvalue weighted by molar-refractivity contribution is 9.10. The van der Waals surface area contributed by atoms with Crippen LogP contribution in [-0.2, 0) is 21.4 Å². The van der Waals surface area contributed by atoms with Crippen LogP contribution in [0.25, 0.3) is 0 Å². The van der Waals surface area contributed by atoms with Gasteiger partial charge in [-0.05, 0) is 70.0 Å². The lowest BCUT2D eigenvalue weighted by atomic mass is 10.2. The van der Waals surface area contributed by atoms with Gasteiger partial charge < -0.3 is 5.32 Å². The SMILES string of the molecule is O=C(CN(Cc1ccc(Cl)cc1Cl)S(=O)(=O)c1ccc(Cl)cc1)Nc1ccccc1Br. The van der Waals surface area contributed by atoms with Crippen molar-refractivity contribution in [3.05, 3.63) is 91.8 Å². The quantitative estimate of drug-likeness (QED) is 0.371. The predicted octanol–water partition coefficient (Wildman–Crippen LogP) is 6.24. The molecule has 1 N–H and O–H groups in total. The number of nitrogens with one attached hydrogen (secondary N) is 1. The first kappa shape index (κ1) is 24.0. The van der Waals surface area contributed by atoms with E-state index in [9.17, 15) is 13.2 Å². The number of carbonyl (C=O) groups is 1. The number of halogens is 4. The fourth-order valence-electron chi connectivity index (χ4n) is 2.73. The maximum absolute atomic E-state index is 13.3. The Bertz CT molecular complexity index is 1200. The summed E-state index contributed by atoms with van der Waals surface area (Å²) < 4.78 is 28.3. The number of hydrogen-bond acceptors (Lipinski definition) is 3. The van der Waals surface area contributed by atoms with E-state index in [0.717, 1.165) is 4.31 Å². The molecule has 3 aromatic carbocycles. The van der Waals surface area contributed by atoms with Crippen molar-refractivity contribution in [1.29, 1.82) is 0 Å². The van der Waals surface area contributed by atoms with Crippen LogP contribution in [0.3, 0.4) is 0 Å². The van der Waals surface area contributed by atoms with E-state index >= 15 is 0 Å². The molecule has 0 saturated heterocycles. The summed E-state index contributed by atoms with van der Waals surface area (Å²) >= 11 is 21.4. The van der Waals surface area contributed by atoms with Gasteiger partial charge in [0.25, 0.3) is 0 Å². The lowest BCUT2D eigenvalue weighted by Crippen LogP contribution is -2.37. The summed E-state index contributed by atoms with van der Waals surface area (Å²) in [5.74, 6) is -0.505. The average Bonchev–Trinajstić information content (AvgIpc) is 2.71. The Morgan fingerprint density at radius 2 is 1.58 bits per heavy atom. The molecule has 3 rings (SSSR count). The summed E-state index contributed by atoms with van der Waals surface area (Å²) in [4.78, 5) is 12.7. The second-order valence-corrected chi connectivity index (χ2v) is 10.6. The smallest absolute Gasteiger partial charge is 0.243 e. The third kappa shape index (κ3) is 6.22. The number of carbonyl (C=O) groups excluding carboxylic acids is 1. The molecule has 31 heavy (non-hydrogen) atoms. The van der Waals surface area contributed by atoms with Gasteiger partial charge in [0.2, 0.25) is 15.9 Å². The van der Waals surface area contributed by atoms with Crippen LogP contribution in [0.1, 0.15) is 5.56 Å². The summed E-state index contributed by atoms with van der Waals surface area (Å²) in [5.41, 5.74) is 1.04. The highest BCUT2D eigenvalue weighted by Gasteiger charge is 2.28. The molecule has 0 atom stereocenters. The topological polar surface area (TPSA) is 66.5 Å². The molecule has 0 bridgehead atoms. The molecule has 0 radical (unpaired) electrons. The number of anilines is 1. The Morgan fingerprint density at radius 3 is 2.23 bits per heavy atom. The van der Waals surface area contributed by atoms with Gasteiger partial charge in [-0.3, -0.25) is 4.79 Å². The van der Waals surface area contributed by atoms with Gasteiger partial charge in [-0.15, -0.1) is 0 Å². The molecule has 0 aliphatic carbocycles. The second-order valence-electron chi connectivity index (χ2n) is 6.49. The Hall–Kier alpha value is -1.61. The Balaban J connectivity index is 1.92. The van der Waals surface area contributed by atoms with E-state index in [1.807, 2.05) is 0 Å². The molecule has 0 heterocycles. The van der Waals surface area contributed by atoms with Crippen LogP contribution in [-0.4, -0.2) is 25.2 Å². The maximum atomic E-state index is 13.3. The van der Waals surface area contributed by atoms with Crippen LogP contribution in [0, 0.1) is 0 Å². The highest BCUT2D eigenvalue weighted by atomic mass is 79.9. The lowest BCUT2D eigenvalue weighted by Gasteiger charge is -2.23. The Kier molecular flexibility index (Phi) is 8.02. The van der Waals surface area contributed by atoms with Gasteiger partial charge in [-0.2, -0.15) is 4.31 Å². The number of sulfonamides is 1. The van der Waals surface area contributed by atoms with Crippen molar-refractivity contribution in [2.24, 2.45) is 0 Å². The van der Waals surface area contributed by atoms with Crippen molar-refractivity contribution in [2.45, 2.75) is 11.4 Å². The molecule has 0 unspecified atom stereocenters. The summed E-state index contributed by atoms with van der Waals surface area (Å²) in [6.45, 7) is -0.546. The van der Waals surface area contributed by atoms with Crippen molar-refractivity contribution >= 4 is 72.4 Å². The Labute approximate surface area is 204 Å². The van der Waals surface area contributed by atoms with Crippen molar-refractivity contribution in [3.63, 3.8) is 0 Å². The number of hydrogen-bond donors (Lipinski definition) is 1. The van der Waals surface area contributed by atoms with E-state index in [4.69, 9.17) is 34.8 Å². The van der Waals surface area contributed by atoms with Crippen molar-refractivity contribution in [1.82, 2.24) is 4.31 Å². The first-order chi connectivity index (χ1) is 14.7. The van der Waals surface area contributed by atoms with E-state index < -0.39 is 22.5 Å². The zero-order valence-corrected chi connectivity index (χ0v) is 20.5. The number of nitrogens with zero attached hydrogens (tertiary/aromatic N) is 1. The molecule has 0 fully saturated rings. The van der Waals surface area contributed by atoms with Gasteiger partial charge in [-0.25, -0.2) is 8.42 Å². The van der Waals surface area contributed by atoms with Crippen LogP contribution >= 0.6 is 50.7 Å². The largest absolute Gasteiger partial charge is 0.324 e. The van der Waals surface area contributed by atoms with Gasteiger partial charge in [0.05, 0.1) is 17.1 Å². The van der Waals surface area contributed by atoms with Crippen LogP contribution in [0.4, 0.5) is 5.69 Å². The fraction of sp³-hybridized carbons (Fsp3) is 0.0952. The molecule has 1 amide bonds. The van der Waals surface area contributed by atoms with E-state index in [-0.39, 0.29) is 11.4 Å². The summed E-state index contributed by atoms with van der Waals surface area (Å²) in [6.07, 6.45) is 0. The van der Waals surface area contributed by atoms with Crippen LogP contribution < -0.4 is 5.32 Å². The van der Waals surface area contributed by atoms with Crippen molar-refractivity contribution < 1.29 is 13.2 Å². The number of para-hydroxylation sites is 1. The number of benzene rings is 3. The highest BCUT2D eigenvalue weighted by Crippen LogP contribution is 2.26. The minimum Gasteiger partial charge on any atom is -0.324 e. The number of amides is 1. The predicted molar refractivity (Wildman–Crippen MR) is 128 cm³/mol. The molecule has 10 heteroatoms. The fourth-order valence-corrected chi connectivity index (χ4v) is 5.09. The van der Waals surface area contributed by atoms with E-state index in [1.54, 1.807) is 36.4 Å². The third-order valence-electron chi connectivity index (χ3n) is 4.28. The van der Waals surface area contributed by atoms with Crippen LogP contribution in [0.15, 0.2) is 76.1 Å². The molecule has 162 valence electrons. The third-order valence-corrected chi connectivity index (χ3v) is 7.62. The van der Waals surface area contributed by atoms with Gasteiger partial charge in [0.15, 0.2) is 0 Å². The number of rotatable bonds is 7. The zero-order chi connectivity index (χ0) is 22.6. The second kappa shape index (κ2) is 10.3. The van der Waals surface area contributed by atoms with Gasteiger partial charge in [-0.1, -0.05) is 53.0 Å². The van der Waals surface area contributed by atoms with Crippen LogP contribution in [0.2, 0.25) is 15.1 Å². The standard InChI is InChI=1S/C21H16BrCl3N2O3S/c22-18-3-1-2-4-20(18)26-21(28)13-27(12-14-5-6-16(24)11-19(14)25)31(29,30)17-9-7-15(23)8-10-17/h1-11H,12-13H2,(H,26,28). The Morgan fingerprint density at radius 1 is 0.935 bits per heavy atom. The van der Waals surface area contributed by atoms with Gasteiger partial charge in [0, 0.05) is 26.1 Å². The van der Waals surface area contributed by atoms with E-state index in [2.05, 4.69) is 21.2 Å². The molecule has 0 aliphatic heterocycles. The molecule has 0 aliphatic rings. The van der Waals surface area contributed by atoms with Gasteiger partial charge >= 0.3 is 0 Å². The minimum atomic E-state index is -4.03. The maximum Gasteiger partial charge on any atom is 0.243 e.